The van der Waals surface area contributed by atoms with Crippen LogP contribution in [0.4, 0.5) is 8.78 Å². The van der Waals surface area contributed by atoms with E-state index >= 15 is 0 Å². The summed E-state index contributed by atoms with van der Waals surface area (Å²) in [5.74, 6) is -1.43. The molecule has 0 aliphatic heterocycles. The van der Waals surface area contributed by atoms with Crippen molar-refractivity contribution in [3.05, 3.63) is 56.7 Å². The highest BCUT2D eigenvalue weighted by molar-refractivity contribution is 9.11. The molecule has 0 spiro atoms. The van der Waals surface area contributed by atoms with Crippen molar-refractivity contribution in [3.8, 4) is 11.4 Å². The molecule has 0 N–H and O–H groups in total. The number of carbonyl (C=O) groups is 1. The van der Waals surface area contributed by atoms with Gasteiger partial charge in [-0.15, -0.1) is 0 Å². The molecule has 1 aromatic carbocycles. The van der Waals surface area contributed by atoms with Gasteiger partial charge in [-0.1, -0.05) is 15.9 Å². The summed E-state index contributed by atoms with van der Waals surface area (Å²) in [6.45, 7) is 0. The Morgan fingerprint density at radius 2 is 1.92 bits per heavy atom. The first-order valence-electron chi connectivity index (χ1n) is 6.79. The molecule has 8 heteroatoms. The standard InChI is InChI=1S/C16H10Br2F2N2O2/c1-24-13(23)7-11-12(17)2-3-22-14(11)15(18)21-16(22)8-4-9(19)6-10(20)5-8/h2-6H,7H2,1H3. The molecule has 3 aromatic rings. The number of pyridine rings is 1. The molecule has 0 saturated heterocycles. The zero-order chi connectivity index (χ0) is 17.4. The Labute approximate surface area is 152 Å². The van der Waals surface area contributed by atoms with Crippen molar-refractivity contribution in [2.75, 3.05) is 7.11 Å². The van der Waals surface area contributed by atoms with Crippen molar-refractivity contribution in [2.24, 2.45) is 0 Å². The van der Waals surface area contributed by atoms with Crippen LogP contribution in [-0.2, 0) is 16.0 Å². The van der Waals surface area contributed by atoms with Crippen molar-refractivity contribution in [2.45, 2.75) is 6.42 Å². The number of hydrogen-bond acceptors (Lipinski definition) is 3. The molecule has 0 saturated carbocycles. The number of imidazole rings is 1. The Morgan fingerprint density at radius 3 is 2.54 bits per heavy atom. The number of carbonyl (C=O) groups excluding carboxylic acids is 1. The van der Waals surface area contributed by atoms with Crippen LogP contribution in [0.1, 0.15) is 5.56 Å². The van der Waals surface area contributed by atoms with Gasteiger partial charge < -0.3 is 4.74 Å². The van der Waals surface area contributed by atoms with Crippen LogP contribution in [0.2, 0.25) is 0 Å². The third-order valence-electron chi connectivity index (χ3n) is 3.48. The summed E-state index contributed by atoms with van der Waals surface area (Å²) in [6, 6.07) is 4.94. The fraction of sp³-hybridized carbons (Fsp3) is 0.125. The van der Waals surface area contributed by atoms with Crippen LogP contribution in [-0.4, -0.2) is 22.5 Å². The number of esters is 1. The molecule has 0 bridgehead atoms. The van der Waals surface area contributed by atoms with Crippen LogP contribution in [0.25, 0.3) is 16.9 Å². The van der Waals surface area contributed by atoms with Crippen molar-refractivity contribution >= 4 is 43.3 Å². The van der Waals surface area contributed by atoms with E-state index in [0.29, 0.717) is 31.5 Å². The Hall–Kier alpha value is -1.80. The summed E-state index contributed by atoms with van der Waals surface area (Å²) < 4.78 is 34.6. The first-order valence-corrected chi connectivity index (χ1v) is 8.37. The average molecular weight is 460 g/mol. The van der Waals surface area contributed by atoms with E-state index in [1.54, 1.807) is 16.7 Å². The molecule has 2 aromatic heterocycles. The van der Waals surface area contributed by atoms with E-state index in [9.17, 15) is 13.6 Å². The van der Waals surface area contributed by atoms with Gasteiger partial charge in [0.25, 0.3) is 0 Å². The molecule has 124 valence electrons. The second-order valence-corrected chi connectivity index (χ2v) is 6.60. The molecule has 0 aliphatic rings. The van der Waals surface area contributed by atoms with Crippen LogP contribution < -0.4 is 0 Å². The highest BCUT2D eigenvalue weighted by Crippen LogP contribution is 2.33. The van der Waals surface area contributed by atoms with Gasteiger partial charge in [-0.3, -0.25) is 9.20 Å². The van der Waals surface area contributed by atoms with E-state index in [-0.39, 0.29) is 6.42 Å². The van der Waals surface area contributed by atoms with Gasteiger partial charge in [0.05, 0.1) is 19.0 Å². The summed E-state index contributed by atoms with van der Waals surface area (Å²) in [5, 5.41) is 0. The van der Waals surface area contributed by atoms with Gasteiger partial charge in [-0.25, -0.2) is 13.8 Å². The third-order valence-corrected chi connectivity index (χ3v) is 4.78. The molecule has 0 atom stereocenters. The summed E-state index contributed by atoms with van der Waals surface area (Å²) in [4.78, 5) is 16.0. The van der Waals surface area contributed by atoms with Gasteiger partial charge in [0.1, 0.15) is 22.1 Å². The molecule has 3 rings (SSSR count). The lowest BCUT2D eigenvalue weighted by molar-refractivity contribution is -0.139. The molecular formula is C16H10Br2F2N2O2. The lowest BCUT2D eigenvalue weighted by Crippen LogP contribution is -2.07. The zero-order valence-corrected chi connectivity index (χ0v) is 15.5. The monoisotopic (exact) mass is 458 g/mol. The summed E-state index contributed by atoms with van der Waals surface area (Å²) in [6.07, 6.45) is 1.73. The van der Waals surface area contributed by atoms with Gasteiger partial charge in [0, 0.05) is 27.9 Å². The number of benzene rings is 1. The van der Waals surface area contributed by atoms with E-state index in [4.69, 9.17) is 4.74 Å². The summed E-state index contributed by atoms with van der Waals surface area (Å²) >= 11 is 6.76. The SMILES string of the molecule is COC(=O)Cc1c(Br)ccn2c(-c3cc(F)cc(F)c3)nc(Br)c12. The lowest BCUT2D eigenvalue weighted by atomic mass is 10.1. The topological polar surface area (TPSA) is 43.6 Å². The normalized spacial score (nSPS) is 11.0. The molecule has 0 fully saturated rings. The van der Waals surface area contributed by atoms with Crippen LogP contribution >= 0.6 is 31.9 Å². The van der Waals surface area contributed by atoms with Crippen molar-refractivity contribution in [1.29, 1.82) is 0 Å². The van der Waals surface area contributed by atoms with Crippen LogP contribution in [0, 0.1) is 11.6 Å². The van der Waals surface area contributed by atoms with E-state index in [2.05, 4.69) is 36.8 Å². The van der Waals surface area contributed by atoms with Crippen LogP contribution in [0.5, 0.6) is 0 Å². The lowest BCUT2D eigenvalue weighted by Gasteiger charge is -2.08. The molecule has 0 aliphatic carbocycles. The van der Waals surface area contributed by atoms with E-state index in [1.165, 1.54) is 19.2 Å². The fourth-order valence-corrected chi connectivity index (χ4v) is 3.49. The van der Waals surface area contributed by atoms with E-state index in [1.807, 2.05) is 0 Å². The van der Waals surface area contributed by atoms with E-state index < -0.39 is 17.6 Å². The highest BCUT2D eigenvalue weighted by atomic mass is 79.9. The Bertz CT molecular complexity index is 937. The summed E-state index contributed by atoms with van der Waals surface area (Å²) in [5.41, 5.74) is 1.57. The molecule has 0 radical (unpaired) electrons. The predicted octanol–water partition coefficient (Wildman–Crippen LogP) is 4.52. The maximum atomic E-state index is 13.5. The molecular weight excluding hydrogens is 450 g/mol. The minimum atomic E-state index is -0.690. The van der Waals surface area contributed by atoms with Crippen LogP contribution in [0.3, 0.4) is 0 Å². The van der Waals surface area contributed by atoms with Crippen molar-refractivity contribution in [3.63, 3.8) is 0 Å². The molecule has 4 nitrogen and oxygen atoms in total. The predicted molar refractivity (Wildman–Crippen MR) is 91.7 cm³/mol. The highest BCUT2D eigenvalue weighted by Gasteiger charge is 2.19. The second-order valence-electron chi connectivity index (χ2n) is 5.00. The number of rotatable bonds is 3. The van der Waals surface area contributed by atoms with Gasteiger partial charge in [-0.05, 0) is 34.1 Å². The number of fused-ring (bicyclic) bond motifs is 1. The quantitative estimate of drug-likeness (QED) is 0.541. The van der Waals surface area contributed by atoms with Crippen LogP contribution in [0.15, 0.2) is 39.5 Å². The fourth-order valence-electron chi connectivity index (χ4n) is 2.45. The molecule has 0 amide bonds. The van der Waals surface area contributed by atoms with Gasteiger partial charge in [0.15, 0.2) is 0 Å². The number of aromatic nitrogens is 2. The average Bonchev–Trinajstić information content (AvgIpc) is 2.86. The number of ether oxygens (including phenoxy) is 1. The first kappa shape index (κ1) is 17.0. The number of halogens is 4. The second kappa shape index (κ2) is 6.60. The van der Waals surface area contributed by atoms with Gasteiger partial charge in [0.2, 0.25) is 0 Å². The third kappa shape index (κ3) is 3.08. The molecule has 2 heterocycles. The summed E-state index contributed by atoms with van der Waals surface area (Å²) in [7, 11) is 1.31. The first-order chi connectivity index (χ1) is 11.4. The van der Waals surface area contributed by atoms with Gasteiger partial charge >= 0.3 is 5.97 Å². The van der Waals surface area contributed by atoms with Gasteiger partial charge in [-0.2, -0.15) is 0 Å². The molecule has 24 heavy (non-hydrogen) atoms. The Kier molecular flexibility index (Phi) is 4.69. The largest absolute Gasteiger partial charge is 0.469 e. The smallest absolute Gasteiger partial charge is 0.310 e. The number of methoxy groups -OCH3 is 1. The minimum absolute atomic E-state index is 0.0304. The zero-order valence-electron chi connectivity index (χ0n) is 12.3. The maximum Gasteiger partial charge on any atom is 0.310 e. The van der Waals surface area contributed by atoms with Crippen molar-refractivity contribution in [1.82, 2.24) is 9.38 Å². The minimum Gasteiger partial charge on any atom is -0.469 e. The van der Waals surface area contributed by atoms with Crippen molar-refractivity contribution < 1.29 is 18.3 Å². The number of hydrogen-bond donors (Lipinski definition) is 0. The Balaban J connectivity index is 2.26. The maximum absolute atomic E-state index is 13.5. The molecule has 0 unspecified atom stereocenters. The van der Waals surface area contributed by atoms with E-state index in [0.717, 1.165) is 6.07 Å². The Morgan fingerprint density at radius 1 is 1.25 bits per heavy atom. The number of nitrogens with zero attached hydrogens (tertiary/aromatic N) is 2.